The third kappa shape index (κ3) is 4.12. The number of nitrogens with two attached hydrogens (primary N) is 1. The highest BCUT2D eigenvalue weighted by Crippen LogP contribution is 2.50. The molecule has 0 aromatic heterocycles. The molecule has 3 N–H and O–H groups in total. The van der Waals surface area contributed by atoms with Crippen molar-refractivity contribution in [1.29, 1.82) is 0 Å². The normalized spacial score (nSPS) is 20.2. The van der Waals surface area contributed by atoms with Crippen molar-refractivity contribution in [2.45, 2.75) is 44.6 Å². The van der Waals surface area contributed by atoms with Crippen molar-refractivity contribution in [1.82, 2.24) is 5.32 Å². The molecule has 0 bridgehead atoms. The number of hydrogen-bond acceptors (Lipinski definition) is 2. The Balaban J connectivity index is 0.00000242. The van der Waals surface area contributed by atoms with Gasteiger partial charge >= 0.3 is 0 Å². The Bertz CT molecular complexity index is 515. The Morgan fingerprint density at radius 3 is 2.64 bits per heavy atom. The second kappa shape index (κ2) is 7.62. The van der Waals surface area contributed by atoms with Crippen molar-refractivity contribution < 1.29 is 9.18 Å². The molecule has 2 rings (SSSR count). The third-order valence-electron chi connectivity index (χ3n) is 4.52. The van der Waals surface area contributed by atoms with Crippen molar-refractivity contribution in [3.8, 4) is 0 Å². The van der Waals surface area contributed by atoms with Crippen molar-refractivity contribution in [2.24, 2.45) is 11.7 Å². The van der Waals surface area contributed by atoms with E-state index in [2.05, 4.69) is 5.32 Å². The van der Waals surface area contributed by atoms with Crippen LogP contribution in [0.15, 0.2) is 18.2 Å². The minimum Gasteiger partial charge on any atom is -0.354 e. The molecule has 0 radical (unpaired) electrons. The summed E-state index contributed by atoms with van der Waals surface area (Å²) < 4.78 is 13.8. The Morgan fingerprint density at radius 2 is 2.09 bits per heavy atom. The van der Waals surface area contributed by atoms with Crippen LogP contribution in [0, 0.1) is 11.7 Å². The molecule has 6 heteroatoms. The van der Waals surface area contributed by atoms with Crippen molar-refractivity contribution in [2.75, 3.05) is 6.54 Å². The van der Waals surface area contributed by atoms with Crippen LogP contribution in [0.3, 0.4) is 0 Å². The van der Waals surface area contributed by atoms with Crippen LogP contribution in [0.1, 0.15) is 44.6 Å². The van der Waals surface area contributed by atoms with Crippen LogP contribution in [0.25, 0.3) is 0 Å². The van der Waals surface area contributed by atoms with E-state index in [9.17, 15) is 9.18 Å². The topological polar surface area (TPSA) is 55.1 Å². The van der Waals surface area contributed by atoms with Crippen LogP contribution in [-0.4, -0.2) is 18.0 Å². The standard InChI is InChI=1S/C16H22ClFN2O.ClH/c1-3-16(19,4-2)9-20-15(21)11-8-10(11)14-12(17)6-5-7-13(14)18;/h5-7,10-11H,3-4,8-9,19H2,1-2H3,(H,20,21);1H. The molecule has 1 aromatic carbocycles. The van der Waals surface area contributed by atoms with Crippen LogP contribution in [0.4, 0.5) is 4.39 Å². The zero-order chi connectivity index (χ0) is 15.6. The molecule has 124 valence electrons. The number of rotatable bonds is 6. The van der Waals surface area contributed by atoms with Gasteiger partial charge in [-0.3, -0.25) is 4.79 Å². The second-order valence-electron chi connectivity index (χ2n) is 5.87. The van der Waals surface area contributed by atoms with Crippen LogP contribution >= 0.6 is 24.0 Å². The highest BCUT2D eigenvalue weighted by atomic mass is 35.5. The lowest BCUT2D eigenvalue weighted by atomic mass is 9.94. The molecule has 1 aromatic rings. The summed E-state index contributed by atoms with van der Waals surface area (Å²) in [6, 6.07) is 4.61. The molecule has 1 saturated carbocycles. The number of hydrogen-bond donors (Lipinski definition) is 2. The lowest BCUT2D eigenvalue weighted by Gasteiger charge is -2.26. The summed E-state index contributed by atoms with van der Waals surface area (Å²) in [6.45, 7) is 4.47. The molecule has 2 unspecified atom stereocenters. The summed E-state index contributed by atoms with van der Waals surface area (Å²) in [5.41, 5.74) is 6.26. The molecule has 0 heterocycles. The molecule has 3 nitrogen and oxygen atoms in total. The van der Waals surface area contributed by atoms with Gasteiger partial charge in [0.25, 0.3) is 0 Å². The van der Waals surface area contributed by atoms with Gasteiger partial charge in [0.1, 0.15) is 5.82 Å². The second-order valence-corrected chi connectivity index (χ2v) is 6.28. The van der Waals surface area contributed by atoms with E-state index in [4.69, 9.17) is 17.3 Å². The van der Waals surface area contributed by atoms with Crippen LogP contribution in [0.5, 0.6) is 0 Å². The Kier molecular flexibility index (Phi) is 6.65. The monoisotopic (exact) mass is 348 g/mol. The fourth-order valence-electron chi connectivity index (χ4n) is 2.56. The van der Waals surface area contributed by atoms with Gasteiger partial charge in [-0.1, -0.05) is 31.5 Å². The molecule has 1 aliphatic carbocycles. The smallest absolute Gasteiger partial charge is 0.223 e. The fourth-order valence-corrected chi connectivity index (χ4v) is 2.87. The molecular formula is C16H23Cl2FN2O. The Labute approximate surface area is 142 Å². The molecule has 1 amide bonds. The van der Waals surface area contributed by atoms with Gasteiger partial charge in [0.2, 0.25) is 5.91 Å². The first-order valence-electron chi connectivity index (χ1n) is 7.42. The molecule has 1 fully saturated rings. The van der Waals surface area contributed by atoms with Gasteiger partial charge in [0, 0.05) is 34.5 Å². The van der Waals surface area contributed by atoms with Crippen molar-refractivity contribution in [3.63, 3.8) is 0 Å². The third-order valence-corrected chi connectivity index (χ3v) is 4.85. The van der Waals surface area contributed by atoms with Crippen LogP contribution in [-0.2, 0) is 4.79 Å². The van der Waals surface area contributed by atoms with E-state index in [1.165, 1.54) is 6.07 Å². The van der Waals surface area contributed by atoms with Gasteiger partial charge in [-0.15, -0.1) is 12.4 Å². The summed E-state index contributed by atoms with van der Waals surface area (Å²) in [5, 5.41) is 3.29. The van der Waals surface area contributed by atoms with Crippen molar-refractivity contribution >= 4 is 29.9 Å². The Hall–Kier alpha value is -0.840. The van der Waals surface area contributed by atoms with E-state index in [1.54, 1.807) is 12.1 Å². The summed E-state index contributed by atoms with van der Waals surface area (Å²) in [4.78, 5) is 12.2. The summed E-state index contributed by atoms with van der Waals surface area (Å²) in [5.74, 6) is -0.708. The van der Waals surface area contributed by atoms with Crippen LogP contribution in [0.2, 0.25) is 5.02 Å². The van der Waals surface area contributed by atoms with E-state index in [0.29, 0.717) is 23.6 Å². The SMILES string of the molecule is CCC(N)(CC)CNC(=O)C1CC1c1c(F)cccc1Cl.Cl. The molecule has 0 saturated heterocycles. The van der Waals surface area contributed by atoms with E-state index in [1.807, 2.05) is 13.8 Å². The first-order valence-corrected chi connectivity index (χ1v) is 7.80. The lowest BCUT2D eigenvalue weighted by Crippen LogP contribution is -2.49. The van der Waals surface area contributed by atoms with Gasteiger partial charge in [-0.25, -0.2) is 4.39 Å². The maximum atomic E-state index is 13.8. The van der Waals surface area contributed by atoms with Gasteiger partial charge in [0.15, 0.2) is 0 Å². The quantitative estimate of drug-likeness (QED) is 0.824. The molecule has 0 aliphatic heterocycles. The number of halogens is 3. The van der Waals surface area contributed by atoms with Gasteiger partial charge in [0.05, 0.1) is 0 Å². The fraction of sp³-hybridized carbons (Fsp3) is 0.562. The first-order chi connectivity index (χ1) is 9.91. The molecule has 1 aliphatic rings. The molecule has 0 spiro atoms. The number of amides is 1. The number of carbonyl (C=O) groups is 1. The largest absolute Gasteiger partial charge is 0.354 e. The van der Waals surface area contributed by atoms with E-state index < -0.39 is 0 Å². The number of nitrogens with one attached hydrogen (secondary N) is 1. The predicted molar refractivity (Wildman–Crippen MR) is 90.0 cm³/mol. The van der Waals surface area contributed by atoms with Gasteiger partial charge in [-0.2, -0.15) is 0 Å². The Morgan fingerprint density at radius 1 is 1.45 bits per heavy atom. The summed E-state index contributed by atoms with van der Waals surface area (Å²) >= 11 is 6.04. The average molecular weight is 349 g/mol. The molecular weight excluding hydrogens is 326 g/mol. The predicted octanol–water partition coefficient (Wildman–Crippen LogP) is 3.64. The number of benzene rings is 1. The zero-order valence-electron chi connectivity index (χ0n) is 12.9. The minimum absolute atomic E-state index is 0. The molecule has 22 heavy (non-hydrogen) atoms. The van der Waals surface area contributed by atoms with E-state index in [0.717, 1.165) is 12.8 Å². The zero-order valence-corrected chi connectivity index (χ0v) is 14.4. The minimum atomic E-state index is -0.365. The summed E-state index contributed by atoms with van der Waals surface area (Å²) in [7, 11) is 0. The van der Waals surface area contributed by atoms with Gasteiger partial charge < -0.3 is 11.1 Å². The van der Waals surface area contributed by atoms with E-state index in [-0.39, 0.29) is 41.5 Å². The highest BCUT2D eigenvalue weighted by molar-refractivity contribution is 6.31. The van der Waals surface area contributed by atoms with Crippen LogP contribution < -0.4 is 11.1 Å². The van der Waals surface area contributed by atoms with Gasteiger partial charge in [-0.05, 0) is 31.4 Å². The molecule has 2 atom stereocenters. The lowest BCUT2D eigenvalue weighted by molar-refractivity contribution is -0.122. The first kappa shape index (κ1) is 19.2. The van der Waals surface area contributed by atoms with E-state index >= 15 is 0 Å². The van der Waals surface area contributed by atoms with Crippen molar-refractivity contribution in [3.05, 3.63) is 34.6 Å². The summed E-state index contributed by atoms with van der Waals surface area (Å²) in [6.07, 6.45) is 2.25. The maximum absolute atomic E-state index is 13.8. The average Bonchev–Trinajstić information content (AvgIpc) is 3.24. The maximum Gasteiger partial charge on any atom is 0.223 e. The highest BCUT2D eigenvalue weighted by Gasteiger charge is 2.46. The number of carbonyl (C=O) groups excluding carboxylic acids is 1.